The number of benzene rings is 1. The fourth-order valence-electron chi connectivity index (χ4n) is 5.13. The Morgan fingerprint density at radius 1 is 1.20 bits per heavy atom. The monoisotopic (exact) mass is 416 g/mol. The minimum atomic E-state index is -1.72. The maximum atomic E-state index is 12.9. The molecule has 2 N–H and O–H groups in total. The molecule has 0 amide bonds. The zero-order valence-electron chi connectivity index (χ0n) is 18.1. The van der Waals surface area contributed by atoms with Gasteiger partial charge < -0.3 is 19.7 Å². The molecule has 0 saturated carbocycles. The SMILES string of the molecule is COC(=O)[C@@]1(C)C(=O)C=C[C@@]2(C)c3c(O)cc(C(C)C)cc3[C@H](O)[C@@H](OC(C)=O)[C@@H]12. The quantitative estimate of drug-likeness (QED) is 0.576. The van der Waals surface area contributed by atoms with E-state index in [0.717, 1.165) is 5.56 Å². The molecule has 7 nitrogen and oxygen atoms in total. The van der Waals surface area contributed by atoms with Gasteiger partial charge in [0.05, 0.1) is 7.11 Å². The van der Waals surface area contributed by atoms with Gasteiger partial charge in [-0.2, -0.15) is 0 Å². The van der Waals surface area contributed by atoms with Gasteiger partial charge in [-0.1, -0.05) is 32.9 Å². The van der Waals surface area contributed by atoms with E-state index in [-0.39, 0.29) is 11.7 Å². The van der Waals surface area contributed by atoms with Crippen LogP contribution in [0.4, 0.5) is 0 Å². The van der Waals surface area contributed by atoms with E-state index in [1.54, 1.807) is 25.1 Å². The summed E-state index contributed by atoms with van der Waals surface area (Å²) in [5.41, 5.74) is -1.17. The molecule has 0 spiro atoms. The molecule has 0 heterocycles. The molecule has 0 fully saturated rings. The molecule has 1 aromatic carbocycles. The van der Waals surface area contributed by atoms with E-state index in [4.69, 9.17) is 9.47 Å². The molecule has 0 aromatic heterocycles. The number of fused-ring (bicyclic) bond motifs is 3. The summed E-state index contributed by atoms with van der Waals surface area (Å²) in [5, 5.41) is 22.2. The Kier molecular flexibility index (Phi) is 5.31. The largest absolute Gasteiger partial charge is 0.508 e. The van der Waals surface area contributed by atoms with Gasteiger partial charge in [0.1, 0.15) is 23.4 Å². The summed E-state index contributed by atoms with van der Waals surface area (Å²) in [5.74, 6) is -2.91. The van der Waals surface area contributed by atoms with Crippen LogP contribution in [0.25, 0.3) is 0 Å². The Labute approximate surface area is 175 Å². The van der Waals surface area contributed by atoms with Gasteiger partial charge in [-0.3, -0.25) is 14.4 Å². The lowest BCUT2D eigenvalue weighted by Crippen LogP contribution is -2.61. The van der Waals surface area contributed by atoms with Crippen molar-refractivity contribution in [3.63, 3.8) is 0 Å². The molecule has 0 unspecified atom stereocenters. The van der Waals surface area contributed by atoms with Crippen LogP contribution in [0.1, 0.15) is 63.3 Å². The summed E-state index contributed by atoms with van der Waals surface area (Å²) in [7, 11) is 1.18. The first-order valence-corrected chi connectivity index (χ1v) is 9.94. The van der Waals surface area contributed by atoms with Crippen molar-refractivity contribution in [1.29, 1.82) is 0 Å². The van der Waals surface area contributed by atoms with Gasteiger partial charge in [0.2, 0.25) is 0 Å². The average Bonchev–Trinajstić information content (AvgIpc) is 2.67. The van der Waals surface area contributed by atoms with Crippen molar-refractivity contribution >= 4 is 17.7 Å². The van der Waals surface area contributed by atoms with Gasteiger partial charge in [-0.25, -0.2) is 0 Å². The smallest absolute Gasteiger partial charge is 0.319 e. The third-order valence-corrected chi connectivity index (χ3v) is 6.61. The first-order valence-electron chi connectivity index (χ1n) is 9.94. The minimum absolute atomic E-state index is 0.0461. The van der Waals surface area contributed by atoms with E-state index in [0.29, 0.717) is 11.1 Å². The Hall–Kier alpha value is -2.67. The fourth-order valence-corrected chi connectivity index (χ4v) is 5.13. The van der Waals surface area contributed by atoms with Crippen molar-refractivity contribution < 1.29 is 34.1 Å². The van der Waals surface area contributed by atoms with E-state index >= 15 is 0 Å². The third-order valence-electron chi connectivity index (χ3n) is 6.61. The molecule has 0 aliphatic heterocycles. The molecule has 0 saturated heterocycles. The van der Waals surface area contributed by atoms with Crippen LogP contribution in [0, 0.1) is 11.3 Å². The standard InChI is InChI=1S/C23H28O7/c1-11(2)13-9-14-17(15(25)10-13)22(4)8-7-16(26)23(5,21(28)29-6)20(22)19(18(14)27)30-12(3)24/h7-11,18-20,25,27H,1-6H3/t18-,19+,20+,22-,23-/m0/s1. The number of carbonyl (C=O) groups excluding carboxylic acids is 3. The number of aliphatic hydroxyl groups is 1. The first-order chi connectivity index (χ1) is 13.9. The summed E-state index contributed by atoms with van der Waals surface area (Å²) < 4.78 is 10.4. The summed E-state index contributed by atoms with van der Waals surface area (Å²) in [6.07, 6.45) is 0.380. The highest BCUT2D eigenvalue weighted by Crippen LogP contribution is 2.59. The molecule has 5 atom stereocenters. The molecule has 3 rings (SSSR count). The lowest BCUT2D eigenvalue weighted by Gasteiger charge is -2.54. The van der Waals surface area contributed by atoms with Crippen molar-refractivity contribution in [1.82, 2.24) is 0 Å². The van der Waals surface area contributed by atoms with Crippen molar-refractivity contribution in [2.24, 2.45) is 11.3 Å². The zero-order valence-corrected chi connectivity index (χ0v) is 18.1. The highest BCUT2D eigenvalue weighted by atomic mass is 16.6. The van der Waals surface area contributed by atoms with Crippen molar-refractivity contribution in [3.8, 4) is 5.75 Å². The van der Waals surface area contributed by atoms with Crippen LogP contribution in [-0.4, -0.2) is 41.1 Å². The number of ketones is 1. The number of hydrogen-bond acceptors (Lipinski definition) is 7. The van der Waals surface area contributed by atoms with Crippen LogP contribution in [0.15, 0.2) is 24.3 Å². The van der Waals surface area contributed by atoms with Crippen LogP contribution < -0.4 is 0 Å². The predicted octanol–water partition coefficient (Wildman–Crippen LogP) is 2.69. The highest BCUT2D eigenvalue weighted by Gasteiger charge is 2.65. The molecular formula is C23H28O7. The van der Waals surface area contributed by atoms with Crippen molar-refractivity contribution in [2.45, 2.75) is 58.2 Å². The molecule has 1 aromatic rings. The van der Waals surface area contributed by atoms with Gasteiger partial charge in [0.25, 0.3) is 0 Å². The number of allylic oxidation sites excluding steroid dienone is 2. The molecule has 0 radical (unpaired) electrons. The number of aliphatic hydroxyl groups excluding tert-OH is 1. The maximum Gasteiger partial charge on any atom is 0.319 e. The Bertz CT molecular complexity index is 947. The topological polar surface area (TPSA) is 110 Å². The molecule has 2 aliphatic rings. The van der Waals surface area contributed by atoms with E-state index in [2.05, 4.69) is 0 Å². The zero-order chi connectivity index (χ0) is 22.6. The number of phenolic OH excluding ortho intramolecular Hbond substituents is 1. The van der Waals surface area contributed by atoms with Gasteiger partial charge in [-0.15, -0.1) is 0 Å². The Morgan fingerprint density at radius 3 is 2.37 bits per heavy atom. The van der Waals surface area contributed by atoms with Crippen LogP contribution >= 0.6 is 0 Å². The highest BCUT2D eigenvalue weighted by molar-refractivity contribution is 6.10. The molecular weight excluding hydrogens is 388 g/mol. The van der Waals surface area contributed by atoms with Crippen molar-refractivity contribution in [3.05, 3.63) is 41.0 Å². The number of hydrogen-bond donors (Lipinski definition) is 2. The number of phenols is 1. The molecule has 2 aliphatic carbocycles. The number of carbonyl (C=O) groups is 3. The van der Waals surface area contributed by atoms with Crippen LogP contribution in [0.5, 0.6) is 5.75 Å². The predicted molar refractivity (Wildman–Crippen MR) is 108 cm³/mol. The number of aromatic hydroxyl groups is 1. The molecule has 0 bridgehead atoms. The summed E-state index contributed by atoms with van der Waals surface area (Å²) in [6.45, 7) is 8.31. The van der Waals surface area contributed by atoms with Gasteiger partial charge >= 0.3 is 11.9 Å². The minimum Gasteiger partial charge on any atom is -0.508 e. The lowest BCUT2D eigenvalue weighted by molar-refractivity contribution is -0.183. The Morgan fingerprint density at radius 2 is 1.83 bits per heavy atom. The fraction of sp³-hybridized carbons (Fsp3) is 0.522. The van der Waals surface area contributed by atoms with Gasteiger partial charge in [-0.05, 0) is 36.1 Å². The second-order valence-corrected chi connectivity index (χ2v) is 8.83. The number of rotatable bonds is 3. The number of esters is 2. The number of ether oxygens (including phenoxy) is 2. The van der Waals surface area contributed by atoms with E-state index in [1.807, 2.05) is 13.8 Å². The second-order valence-electron chi connectivity index (χ2n) is 8.83. The normalized spacial score (nSPS) is 32.4. The number of methoxy groups -OCH3 is 1. The van der Waals surface area contributed by atoms with E-state index in [1.165, 1.54) is 27.0 Å². The third kappa shape index (κ3) is 2.95. The second kappa shape index (κ2) is 7.23. The van der Waals surface area contributed by atoms with Crippen molar-refractivity contribution in [2.75, 3.05) is 7.11 Å². The first kappa shape index (κ1) is 22.0. The molecule has 30 heavy (non-hydrogen) atoms. The maximum absolute atomic E-state index is 12.9. The molecule has 162 valence electrons. The van der Waals surface area contributed by atoms with E-state index in [9.17, 15) is 24.6 Å². The summed E-state index contributed by atoms with van der Waals surface area (Å²) in [6, 6.07) is 3.41. The summed E-state index contributed by atoms with van der Waals surface area (Å²) >= 11 is 0. The van der Waals surface area contributed by atoms with Crippen LogP contribution in [0.3, 0.4) is 0 Å². The van der Waals surface area contributed by atoms with Crippen LogP contribution in [-0.2, 0) is 29.3 Å². The molecule has 7 heteroatoms. The Balaban J connectivity index is 2.39. The van der Waals surface area contributed by atoms with Gasteiger partial charge in [0.15, 0.2) is 5.78 Å². The van der Waals surface area contributed by atoms with E-state index < -0.39 is 46.7 Å². The lowest BCUT2D eigenvalue weighted by atomic mass is 9.50. The average molecular weight is 416 g/mol. The summed E-state index contributed by atoms with van der Waals surface area (Å²) in [4.78, 5) is 37.7. The van der Waals surface area contributed by atoms with Crippen LogP contribution in [0.2, 0.25) is 0 Å². The van der Waals surface area contributed by atoms with Gasteiger partial charge in [0, 0.05) is 23.8 Å².